The average molecular weight is 233 g/mol. The standard InChI is InChI=1S/C9H10BrFO/c10-8-3-1-2-7(4-8)5-9(11)6-12/h1-4,9,12H,5-6H2/t9-/m1/s1. The van der Waals surface area contributed by atoms with Gasteiger partial charge in [-0.2, -0.15) is 0 Å². The first kappa shape index (κ1) is 9.68. The molecule has 0 saturated heterocycles. The molecule has 1 rings (SSSR count). The number of alkyl halides is 1. The molecule has 1 nitrogen and oxygen atoms in total. The molecule has 1 aromatic carbocycles. The summed E-state index contributed by atoms with van der Waals surface area (Å²) < 4.78 is 13.6. The van der Waals surface area contributed by atoms with Gasteiger partial charge in [0.15, 0.2) is 0 Å². The first-order valence-electron chi connectivity index (χ1n) is 3.71. The van der Waals surface area contributed by atoms with Crippen LogP contribution in [0.25, 0.3) is 0 Å². The van der Waals surface area contributed by atoms with Gasteiger partial charge in [-0.15, -0.1) is 0 Å². The molecule has 12 heavy (non-hydrogen) atoms. The molecule has 0 aromatic heterocycles. The van der Waals surface area contributed by atoms with Crippen molar-refractivity contribution in [3.05, 3.63) is 34.3 Å². The Kier molecular flexibility index (Phi) is 3.69. The predicted molar refractivity (Wildman–Crippen MR) is 49.8 cm³/mol. The second-order valence-corrected chi connectivity index (χ2v) is 3.53. The summed E-state index contributed by atoms with van der Waals surface area (Å²) in [6, 6.07) is 7.43. The van der Waals surface area contributed by atoms with E-state index in [2.05, 4.69) is 15.9 Å². The molecule has 0 spiro atoms. The van der Waals surface area contributed by atoms with Gasteiger partial charge < -0.3 is 5.11 Å². The fourth-order valence-corrected chi connectivity index (χ4v) is 1.43. The van der Waals surface area contributed by atoms with Crippen LogP contribution in [-0.4, -0.2) is 17.9 Å². The summed E-state index contributed by atoms with van der Waals surface area (Å²) in [5.74, 6) is 0. The molecule has 0 unspecified atom stereocenters. The van der Waals surface area contributed by atoms with Crippen molar-refractivity contribution in [1.29, 1.82) is 0 Å². The Hall–Kier alpha value is -0.410. The van der Waals surface area contributed by atoms with Crippen LogP contribution < -0.4 is 0 Å². The zero-order chi connectivity index (χ0) is 8.97. The van der Waals surface area contributed by atoms with Gasteiger partial charge in [0, 0.05) is 10.9 Å². The van der Waals surface area contributed by atoms with E-state index < -0.39 is 12.8 Å². The van der Waals surface area contributed by atoms with Crippen LogP contribution in [0.5, 0.6) is 0 Å². The molecule has 0 amide bonds. The van der Waals surface area contributed by atoms with Gasteiger partial charge in [0.1, 0.15) is 6.17 Å². The summed E-state index contributed by atoms with van der Waals surface area (Å²) in [5.41, 5.74) is 0.894. The molecule has 0 bridgehead atoms. The van der Waals surface area contributed by atoms with Crippen LogP contribution >= 0.6 is 15.9 Å². The van der Waals surface area contributed by atoms with Crippen molar-refractivity contribution >= 4 is 15.9 Å². The topological polar surface area (TPSA) is 20.2 Å². The largest absolute Gasteiger partial charge is 0.393 e. The van der Waals surface area contributed by atoms with E-state index in [9.17, 15) is 4.39 Å². The van der Waals surface area contributed by atoms with Crippen molar-refractivity contribution in [3.8, 4) is 0 Å². The van der Waals surface area contributed by atoms with Gasteiger partial charge in [-0.05, 0) is 17.7 Å². The van der Waals surface area contributed by atoms with Gasteiger partial charge in [0.05, 0.1) is 6.61 Å². The van der Waals surface area contributed by atoms with Crippen molar-refractivity contribution in [2.24, 2.45) is 0 Å². The maximum absolute atomic E-state index is 12.7. The lowest BCUT2D eigenvalue weighted by Crippen LogP contribution is -2.09. The Morgan fingerprint density at radius 3 is 2.83 bits per heavy atom. The van der Waals surface area contributed by atoms with Gasteiger partial charge in [-0.3, -0.25) is 0 Å². The lowest BCUT2D eigenvalue weighted by Gasteiger charge is -2.04. The first-order chi connectivity index (χ1) is 5.72. The maximum Gasteiger partial charge on any atom is 0.127 e. The fourth-order valence-electron chi connectivity index (χ4n) is 0.984. The Labute approximate surface area is 79.4 Å². The zero-order valence-corrected chi connectivity index (χ0v) is 8.09. The molecule has 0 aliphatic rings. The molecule has 66 valence electrons. The second-order valence-electron chi connectivity index (χ2n) is 2.61. The van der Waals surface area contributed by atoms with Crippen molar-refractivity contribution < 1.29 is 9.50 Å². The van der Waals surface area contributed by atoms with E-state index >= 15 is 0 Å². The van der Waals surface area contributed by atoms with E-state index in [0.29, 0.717) is 0 Å². The van der Waals surface area contributed by atoms with Crippen LogP contribution in [0.4, 0.5) is 4.39 Å². The van der Waals surface area contributed by atoms with Crippen molar-refractivity contribution in [2.75, 3.05) is 6.61 Å². The Morgan fingerprint density at radius 2 is 2.25 bits per heavy atom. The van der Waals surface area contributed by atoms with E-state index in [0.717, 1.165) is 10.0 Å². The number of halogens is 2. The normalized spacial score (nSPS) is 12.9. The van der Waals surface area contributed by atoms with Crippen LogP contribution in [0.1, 0.15) is 5.56 Å². The van der Waals surface area contributed by atoms with Crippen LogP contribution in [0.2, 0.25) is 0 Å². The minimum atomic E-state index is -1.15. The second kappa shape index (κ2) is 4.58. The lowest BCUT2D eigenvalue weighted by molar-refractivity contribution is 0.177. The third kappa shape index (κ3) is 2.91. The van der Waals surface area contributed by atoms with Gasteiger partial charge >= 0.3 is 0 Å². The van der Waals surface area contributed by atoms with Crippen molar-refractivity contribution in [3.63, 3.8) is 0 Å². The highest BCUT2D eigenvalue weighted by molar-refractivity contribution is 9.10. The number of aliphatic hydroxyl groups excluding tert-OH is 1. The number of hydrogen-bond acceptors (Lipinski definition) is 1. The Bertz CT molecular complexity index is 252. The van der Waals surface area contributed by atoms with Gasteiger partial charge in [-0.25, -0.2) is 4.39 Å². The maximum atomic E-state index is 12.7. The molecular weight excluding hydrogens is 223 g/mol. The first-order valence-corrected chi connectivity index (χ1v) is 4.51. The van der Waals surface area contributed by atoms with Crippen molar-refractivity contribution in [1.82, 2.24) is 0 Å². The minimum Gasteiger partial charge on any atom is -0.393 e. The Morgan fingerprint density at radius 1 is 1.50 bits per heavy atom. The van der Waals surface area contributed by atoms with Crippen LogP contribution in [-0.2, 0) is 6.42 Å². The molecule has 0 aliphatic carbocycles. The third-order valence-electron chi connectivity index (χ3n) is 1.54. The van der Waals surface area contributed by atoms with E-state index in [1.807, 2.05) is 24.3 Å². The highest BCUT2D eigenvalue weighted by Crippen LogP contribution is 2.13. The fraction of sp³-hybridized carbons (Fsp3) is 0.333. The molecule has 0 heterocycles. The molecule has 0 aliphatic heterocycles. The molecule has 1 atom stereocenters. The summed E-state index contributed by atoms with van der Waals surface area (Å²) in [5, 5.41) is 8.48. The highest BCUT2D eigenvalue weighted by Gasteiger charge is 2.05. The number of benzene rings is 1. The third-order valence-corrected chi connectivity index (χ3v) is 2.04. The van der Waals surface area contributed by atoms with Crippen LogP contribution in [0.15, 0.2) is 28.7 Å². The lowest BCUT2D eigenvalue weighted by atomic mass is 10.1. The van der Waals surface area contributed by atoms with E-state index in [1.165, 1.54) is 0 Å². The molecule has 1 aromatic rings. The van der Waals surface area contributed by atoms with E-state index in [1.54, 1.807) is 0 Å². The predicted octanol–water partition coefficient (Wildman–Crippen LogP) is 2.32. The van der Waals surface area contributed by atoms with Gasteiger partial charge in [0.2, 0.25) is 0 Å². The highest BCUT2D eigenvalue weighted by atomic mass is 79.9. The number of rotatable bonds is 3. The molecular formula is C9H10BrFO. The summed E-state index contributed by atoms with van der Waals surface area (Å²) in [7, 11) is 0. The van der Waals surface area contributed by atoms with E-state index in [-0.39, 0.29) is 6.42 Å². The van der Waals surface area contributed by atoms with Gasteiger partial charge in [0.25, 0.3) is 0 Å². The monoisotopic (exact) mass is 232 g/mol. The van der Waals surface area contributed by atoms with Gasteiger partial charge in [-0.1, -0.05) is 28.1 Å². The zero-order valence-electron chi connectivity index (χ0n) is 6.50. The number of aliphatic hydroxyl groups is 1. The molecule has 0 saturated carbocycles. The smallest absolute Gasteiger partial charge is 0.127 e. The molecule has 3 heteroatoms. The quantitative estimate of drug-likeness (QED) is 0.849. The minimum absolute atomic E-state index is 0.274. The van der Waals surface area contributed by atoms with Crippen LogP contribution in [0.3, 0.4) is 0 Å². The van der Waals surface area contributed by atoms with Crippen molar-refractivity contribution in [2.45, 2.75) is 12.6 Å². The SMILES string of the molecule is OC[C@H](F)Cc1cccc(Br)c1. The summed E-state index contributed by atoms with van der Waals surface area (Å²) in [6.45, 7) is -0.410. The summed E-state index contributed by atoms with van der Waals surface area (Å²) >= 11 is 3.29. The average Bonchev–Trinajstić information content (AvgIpc) is 2.04. The summed E-state index contributed by atoms with van der Waals surface area (Å²) in [4.78, 5) is 0. The molecule has 0 radical (unpaired) electrons. The molecule has 1 N–H and O–H groups in total. The molecule has 0 fully saturated rings. The summed E-state index contributed by atoms with van der Waals surface area (Å²) in [6.07, 6.45) is -0.880. The Balaban J connectivity index is 2.63. The number of hydrogen-bond donors (Lipinski definition) is 1. The van der Waals surface area contributed by atoms with E-state index in [4.69, 9.17) is 5.11 Å². The van der Waals surface area contributed by atoms with Crippen LogP contribution in [0, 0.1) is 0 Å².